The summed E-state index contributed by atoms with van der Waals surface area (Å²) in [6.45, 7) is 2.78. The molecule has 88 valence electrons. The normalized spacial score (nSPS) is 20.1. The standard InChI is InChI=1S/C10H12ClNO3S/c1-8-3-2-4-10(11)9(8)7-12-5-6-15-16(12,13)14/h2-4H,5-7H2,1H3. The van der Waals surface area contributed by atoms with Crippen LogP contribution in [0.1, 0.15) is 11.1 Å². The molecule has 1 saturated heterocycles. The second-order valence-electron chi connectivity index (χ2n) is 3.65. The van der Waals surface area contributed by atoms with Crippen LogP contribution in [0.2, 0.25) is 5.02 Å². The van der Waals surface area contributed by atoms with Crippen molar-refractivity contribution >= 4 is 21.9 Å². The van der Waals surface area contributed by atoms with E-state index in [0.717, 1.165) is 11.1 Å². The number of rotatable bonds is 2. The molecule has 2 rings (SSSR count). The first kappa shape index (κ1) is 11.9. The monoisotopic (exact) mass is 261 g/mol. The first-order valence-electron chi connectivity index (χ1n) is 4.89. The molecule has 0 atom stereocenters. The summed E-state index contributed by atoms with van der Waals surface area (Å²) in [6, 6.07) is 5.51. The van der Waals surface area contributed by atoms with Gasteiger partial charge in [-0.1, -0.05) is 23.7 Å². The number of nitrogens with zero attached hydrogens (tertiary/aromatic N) is 1. The average Bonchev–Trinajstić information content (AvgIpc) is 2.52. The van der Waals surface area contributed by atoms with Gasteiger partial charge in [-0.15, -0.1) is 0 Å². The Hall–Kier alpha value is -0.620. The van der Waals surface area contributed by atoms with Crippen LogP contribution in [-0.2, 0) is 21.0 Å². The number of hydrogen-bond donors (Lipinski definition) is 0. The van der Waals surface area contributed by atoms with Gasteiger partial charge in [-0.05, 0) is 24.1 Å². The Morgan fingerprint density at radius 3 is 2.81 bits per heavy atom. The third-order valence-electron chi connectivity index (χ3n) is 2.58. The molecular weight excluding hydrogens is 250 g/mol. The van der Waals surface area contributed by atoms with Crippen molar-refractivity contribution in [1.82, 2.24) is 4.31 Å². The molecule has 0 aromatic heterocycles. The number of benzene rings is 1. The molecule has 1 fully saturated rings. The molecule has 16 heavy (non-hydrogen) atoms. The fourth-order valence-electron chi connectivity index (χ4n) is 1.63. The summed E-state index contributed by atoms with van der Waals surface area (Å²) in [7, 11) is -3.54. The zero-order valence-electron chi connectivity index (χ0n) is 8.81. The van der Waals surface area contributed by atoms with Crippen molar-refractivity contribution < 1.29 is 12.6 Å². The van der Waals surface area contributed by atoms with Crippen molar-refractivity contribution in [3.63, 3.8) is 0 Å². The fourth-order valence-corrected chi connectivity index (χ4v) is 2.93. The molecule has 0 spiro atoms. The summed E-state index contributed by atoms with van der Waals surface area (Å²) in [5, 5.41) is 0.585. The van der Waals surface area contributed by atoms with Crippen molar-refractivity contribution in [2.45, 2.75) is 13.5 Å². The summed E-state index contributed by atoms with van der Waals surface area (Å²) in [6.07, 6.45) is 0. The molecule has 1 aromatic carbocycles. The molecule has 6 heteroatoms. The minimum Gasteiger partial charge on any atom is -0.257 e. The lowest BCUT2D eigenvalue weighted by atomic mass is 10.1. The minimum atomic E-state index is -3.54. The van der Waals surface area contributed by atoms with Gasteiger partial charge in [0.15, 0.2) is 0 Å². The summed E-state index contributed by atoms with van der Waals surface area (Å²) < 4.78 is 28.9. The SMILES string of the molecule is Cc1cccc(Cl)c1CN1CCOS1(=O)=O. The predicted octanol–water partition coefficient (Wildman–Crippen LogP) is 1.73. The predicted molar refractivity (Wildman–Crippen MR) is 61.5 cm³/mol. The molecule has 1 aromatic rings. The van der Waals surface area contributed by atoms with Gasteiger partial charge < -0.3 is 0 Å². The van der Waals surface area contributed by atoms with Gasteiger partial charge in [0.25, 0.3) is 0 Å². The highest BCUT2D eigenvalue weighted by Gasteiger charge is 2.30. The lowest BCUT2D eigenvalue weighted by molar-refractivity contribution is 0.362. The largest absolute Gasteiger partial charge is 0.338 e. The van der Waals surface area contributed by atoms with E-state index in [4.69, 9.17) is 11.6 Å². The second-order valence-corrected chi connectivity index (χ2v) is 5.66. The zero-order valence-corrected chi connectivity index (χ0v) is 10.4. The van der Waals surface area contributed by atoms with Gasteiger partial charge >= 0.3 is 10.3 Å². The maximum Gasteiger partial charge on any atom is 0.338 e. The lowest BCUT2D eigenvalue weighted by Crippen LogP contribution is -2.25. The molecule has 0 radical (unpaired) electrons. The van der Waals surface area contributed by atoms with Gasteiger partial charge in [0, 0.05) is 18.1 Å². The molecule has 0 N–H and O–H groups in total. The highest BCUT2D eigenvalue weighted by Crippen LogP contribution is 2.24. The summed E-state index contributed by atoms with van der Waals surface area (Å²) >= 11 is 6.04. The van der Waals surface area contributed by atoms with E-state index in [-0.39, 0.29) is 13.2 Å². The topological polar surface area (TPSA) is 46.6 Å². The van der Waals surface area contributed by atoms with Crippen molar-refractivity contribution in [1.29, 1.82) is 0 Å². The Bertz CT molecular complexity index is 481. The van der Waals surface area contributed by atoms with Crippen molar-refractivity contribution in [3.05, 3.63) is 34.3 Å². The number of halogens is 1. The Morgan fingerprint density at radius 1 is 1.50 bits per heavy atom. The van der Waals surface area contributed by atoms with E-state index in [9.17, 15) is 8.42 Å². The third kappa shape index (κ3) is 2.22. The lowest BCUT2D eigenvalue weighted by Gasteiger charge is -2.15. The van der Waals surface area contributed by atoms with Crippen LogP contribution >= 0.6 is 11.6 Å². The van der Waals surface area contributed by atoms with Crippen LogP contribution < -0.4 is 0 Å². The van der Waals surface area contributed by atoms with Gasteiger partial charge in [0.2, 0.25) is 0 Å². The van der Waals surface area contributed by atoms with Gasteiger partial charge in [0.05, 0.1) is 6.61 Å². The first-order valence-corrected chi connectivity index (χ1v) is 6.63. The molecule has 0 saturated carbocycles. The molecule has 0 amide bonds. The highest BCUT2D eigenvalue weighted by molar-refractivity contribution is 7.84. The fraction of sp³-hybridized carbons (Fsp3) is 0.400. The molecular formula is C10H12ClNO3S. The molecule has 0 bridgehead atoms. The smallest absolute Gasteiger partial charge is 0.257 e. The number of hydrogen-bond acceptors (Lipinski definition) is 3. The third-order valence-corrected chi connectivity index (χ3v) is 4.34. The van der Waals surface area contributed by atoms with E-state index in [2.05, 4.69) is 4.18 Å². The molecule has 0 aliphatic carbocycles. The van der Waals surface area contributed by atoms with Gasteiger partial charge in [-0.25, -0.2) is 0 Å². The van der Waals surface area contributed by atoms with E-state index in [1.165, 1.54) is 4.31 Å². The molecule has 4 nitrogen and oxygen atoms in total. The van der Waals surface area contributed by atoms with Crippen LogP contribution in [-0.4, -0.2) is 25.9 Å². The van der Waals surface area contributed by atoms with E-state index in [1.54, 1.807) is 6.07 Å². The number of aryl methyl sites for hydroxylation is 1. The maximum absolute atomic E-state index is 11.4. The van der Waals surface area contributed by atoms with Crippen LogP contribution in [0.15, 0.2) is 18.2 Å². The van der Waals surface area contributed by atoms with E-state index in [1.807, 2.05) is 19.1 Å². The van der Waals surface area contributed by atoms with Gasteiger partial charge in [-0.2, -0.15) is 12.7 Å². The summed E-state index contributed by atoms with van der Waals surface area (Å²) in [5.74, 6) is 0. The Morgan fingerprint density at radius 2 is 2.25 bits per heavy atom. The Kier molecular flexibility index (Phi) is 3.21. The summed E-state index contributed by atoms with van der Waals surface area (Å²) in [5.41, 5.74) is 1.81. The first-order chi connectivity index (χ1) is 7.50. The highest BCUT2D eigenvalue weighted by atomic mass is 35.5. The van der Waals surface area contributed by atoms with Gasteiger partial charge in [-0.3, -0.25) is 4.18 Å². The van der Waals surface area contributed by atoms with Crippen molar-refractivity contribution in [2.24, 2.45) is 0 Å². The van der Waals surface area contributed by atoms with Gasteiger partial charge in [0.1, 0.15) is 0 Å². The molecule has 1 heterocycles. The van der Waals surface area contributed by atoms with Crippen LogP contribution in [0.5, 0.6) is 0 Å². The molecule has 0 unspecified atom stereocenters. The molecule has 1 aliphatic rings. The van der Waals surface area contributed by atoms with Crippen LogP contribution in [0.3, 0.4) is 0 Å². The quantitative estimate of drug-likeness (QED) is 0.815. The second kappa shape index (κ2) is 4.33. The molecule has 1 aliphatic heterocycles. The van der Waals surface area contributed by atoms with Crippen LogP contribution in [0.4, 0.5) is 0 Å². The van der Waals surface area contributed by atoms with Crippen LogP contribution in [0.25, 0.3) is 0 Å². The maximum atomic E-state index is 11.4. The van der Waals surface area contributed by atoms with E-state index in [0.29, 0.717) is 11.6 Å². The van der Waals surface area contributed by atoms with Crippen molar-refractivity contribution in [3.8, 4) is 0 Å². The van der Waals surface area contributed by atoms with E-state index < -0.39 is 10.3 Å². The summed E-state index contributed by atoms with van der Waals surface area (Å²) in [4.78, 5) is 0. The van der Waals surface area contributed by atoms with E-state index >= 15 is 0 Å². The minimum absolute atomic E-state index is 0.214. The Balaban J connectivity index is 2.28. The van der Waals surface area contributed by atoms with Crippen LogP contribution in [0, 0.1) is 6.92 Å². The Labute approximate surface area is 100 Å². The zero-order chi connectivity index (χ0) is 11.8. The van der Waals surface area contributed by atoms with Crippen molar-refractivity contribution in [2.75, 3.05) is 13.2 Å². The average molecular weight is 262 g/mol.